The highest BCUT2D eigenvalue weighted by Gasteiger charge is 2.09. The Bertz CT molecular complexity index is 432. The Morgan fingerprint density at radius 3 is 2.55 bits per heavy atom. The predicted molar refractivity (Wildman–Crippen MR) is 82.0 cm³/mol. The Labute approximate surface area is 121 Å². The molecule has 1 rings (SSSR count). The van der Waals surface area contributed by atoms with Crippen LogP contribution >= 0.6 is 0 Å². The maximum absolute atomic E-state index is 11.9. The average Bonchev–Trinajstić information content (AvgIpc) is 2.44. The lowest BCUT2D eigenvalue weighted by atomic mass is 10.3. The van der Waals surface area contributed by atoms with Crippen molar-refractivity contribution in [3.05, 3.63) is 11.8 Å². The van der Waals surface area contributed by atoms with Crippen LogP contribution in [0.25, 0.3) is 0 Å². The van der Waals surface area contributed by atoms with Crippen molar-refractivity contribution >= 4 is 17.7 Å². The van der Waals surface area contributed by atoms with Crippen LogP contribution in [0.4, 0.5) is 11.8 Å². The molecule has 0 unspecified atom stereocenters. The lowest BCUT2D eigenvalue weighted by Gasteiger charge is -2.18. The Morgan fingerprint density at radius 2 is 1.95 bits per heavy atom. The maximum Gasteiger partial charge on any atom is 0.224 e. The van der Waals surface area contributed by atoms with E-state index >= 15 is 0 Å². The fourth-order valence-corrected chi connectivity index (χ4v) is 1.89. The molecule has 0 fully saturated rings. The van der Waals surface area contributed by atoms with E-state index < -0.39 is 0 Å². The number of carbonyl (C=O) groups is 1. The first-order chi connectivity index (χ1) is 9.62. The van der Waals surface area contributed by atoms with Crippen LogP contribution in [0.5, 0.6) is 0 Å². The molecule has 0 spiro atoms. The summed E-state index contributed by atoms with van der Waals surface area (Å²) in [6.45, 7) is 10.8. The number of nitrogens with zero attached hydrogens (tertiary/aromatic N) is 3. The number of carbonyl (C=O) groups excluding carboxylic acids is 1. The minimum Gasteiger partial charge on any atom is -0.369 e. The summed E-state index contributed by atoms with van der Waals surface area (Å²) < 4.78 is 0. The average molecular weight is 279 g/mol. The van der Waals surface area contributed by atoms with E-state index in [0.717, 1.165) is 31.0 Å². The fraction of sp³-hybridized carbons (Fsp3) is 0.643. The van der Waals surface area contributed by atoms with Crippen molar-refractivity contribution in [1.82, 2.24) is 14.9 Å². The smallest absolute Gasteiger partial charge is 0.224 e. The summed E-state index contributed by atoms with van der Waals surface area (Å²) in [4.78, 5) is 22.3. The Kier molecular flexibility index (Phi) is 6.76. The van der Waals surface area contributed by atoms with Crippen LogP contribution in [0, 0.1) is 6.92 Å². The Morgan fingerprint density at radius 1 is 1.25 bits per heavy atom. The zero-order valence-corrected chi connectivity index (χ0v) is 12.9. The van der Waals surface area contributed by atoms with Gasteiger partial charge in [-0.1, -0.05) is 0 Å². The lowest BCUT2D eigenvalue weighted by molar-refractivity contribution is -0.130. The van der Waals surface area contributed by atoms with Crippen LogP contribution in [0.1, 0.15) is 32.8 Å². The van der Waals surface area contributed by atoms with E-state index in [2.05, 4.69) is 20.6 Å². The maximum atomic E-state index is 11.9. The molecule has 2 N–H and O–H groups in total. The van der Waals surface area contributed by atoms with Crippen molar-refractivity contribution in [2.24, 2.45) is 0 Å². The zero-order chi connectivity index (χ0) is 15.0. The summed E-state index contributed by atoms with van der Waals surface area (Å²) in [5.41, 5.74) is 0.974. The van der Waals surface area contributed by atoms with Gasteiger partial charge in [-0.2, -0.15) is 4.98 Å². The summed E-state index contributed by atoms with van der Waals surface area (Å²) in [6.07, 6.45) is 2.25. The summed E-state index contributed by atoms with van der Waals surface area (Å²) in [5, 5.41) is 6.28. The summed E-state index contributed by atoms with van der Waals surface area (Å²) >= 11 is 0. The van der Waals surface area contributed by atoms with Gasteiger partial charge in [-0.3, -0.25) is 4.79 Å². The van der Waals surface area contributed by atoms with E-state index in [4.69, 9.17) is 0 Å². The zero-order valence-electron chi connectivity index (χ0n) is 12.9. The Hall–Kier alpha value is -1.85. The monoisotopic (exact) mass is 279 g/mol. The number of aromatic nitrogens is 2. The van der Waals surface area contributed by atoms with Gasteiger partial charge in [0.15, 0.2) is 0 Å². The number of rotatable bonds is 8. The van der Waals surface area contributed by atoms with Crippen molar-refractivity contribution in [3.63, 3.8) is 0 Å². The first-order valence-corrected chi connectivity index (χ1v) is 7.21. The second-order valence-corrected chi connectivity index (χ2v) is 4.50. The summed E-state index contributed by atoms with van der Waals surface area (Å²) in [6, 6.07) is 0. The van der Waals surface area contributed by atoms with Crippen LogP contribution in [-0.4, -0.2) is 47.0 Å². The van der Waals surface area contributed by atoms with E-state index in [9.17, 15) is 4.79 Å². The number of anilines is 2. The molecule has 0 bridgehead atoms. The highest BCUT2D eigenvalue weighted by Crippen LogP contribution is 2.12. The summed E-state index contributed by atoms with van der Waals surface area (Å²) in [7, 11) is 0. The molecule has 20 heavy (non-hydrogen) atoms. The molecule has 112 valence electrons. The molecule has 1 aromatic heterocycles. The van der Waals surface area contributed by atoms with Gasteiger partial charge in [0.2, 0.25) is 11.9 Å². The molecule has 0 aromatic carbocycles. The van der Waals surface area contributed by atoms with Gasteiger partial charge in [0.25, 0.3) is 0 Å². The first kappa shape index (κ1) is 16.2. The third-order valence-electron chi connectivity index (χ3n) is 3.05. The van der Waals surface area contributed by atoms with Gasteiger partial charge in [0, 0.05) is 44.4 Å². The molecular weight excluding hydrogens is 254 g/mol. The third-order valence-corrected chi connectivity index (χ3v) is 3.05. The van der Waals surface area contributed by atoms with Gasteiger partial charge in [-0.05, 0) is 27.7 Å². The van der Waals surface area contributed by atoms with Crippen molar-refractivity contribution in [2.45, 2.75) is 34.1 Å². The molecule has 6 nitrogen and oxygen atoms in total. The molecule has 1 heterocycles. The van der Waals surface area contributed by atoms with Gasteiger partial charge < -0.3 is 15.5 Å². The summed E-state index contributed by atoms with van der Waals surface area (Å²) in [5.74, 6) is 1.56. The lowest BCUT2D eigenvalue weighted by Crippen LogP contribution is -2.31. The van der Waals surface area contributed by atoms with Crippen LogP contribution < -0.4 is 10.6 Å². The number of hydrogen-bond acceptors (Lipinski definition) is 5. The van der Waals surface area contributed by atoms with E-state index in [1.807, 2.05) is 32.6 Å². The van der Waals surface area contributed by atoms with Crippen LogP contribution in [-0.2, 0) is 4.79 Å². The number of aryl methyl sites for hydroxylation is 1. The predicted octanol–water partition coefficient (Wildman–Crippen LogP) is 1.89. The molecule has 0 saturated carbocycles. The molecule has 1 amide bonds. The van der Waals surface area contributed by atoms with Gasteiger partial charge in [0.05, 0.1) is 0 Å². The molecule has 1 aromatic rings. The van der Waals surface area contributed by atoms with Gasteiger partial charge in [-0.15, -0.1) is 0 Å². The quantitative estimate of drug-likeness (QED) is 0.760. The number of amides is 1. The second kappa shape index (κ2) is 8.35. The van der Waals surface area contributed by atoms with Crippen molar-refractivity contribution in [1.29, 1.82) is 0 Å². The molecule has 0 aliphatic heterocycles. The highest BCUT2D eigenvalue weighted by atomic mass is 16.2. The number of hydrogen-bond donors (Lipinski definition) is 2. The molecule has 0 radical (unpaired) electrons. The SMILES string of the molecule is CCNc1ncc(C)c(NCCC(=O)N(CC)CC)n1. The fourth-order valence-electron chi connectivity index (χ4n) is 1.89. The van der Waals surface area contributed by atoms with Crippen molar-refractivity contribution in [2.75, 3.05) is 36.8 Å². The topological polar surface area (TPSA) is 70.2 Å². The second-order valence-electron chi connectivity index (χ2n) is 4.50. The Balaban J connectivity index is 2.53. The van der Waals surface area contributed by atoms with E-state index in [1.54, 1.807) is 6.20 Å². The van der Waals surface area contributed by atoms with Gasteiger partial charge >= 0.3 is 0 Å². The van der Waals surface area contributed by atoms with Gasteiger partial charge in [0.1, 0.15) is 5.82 Å². The van der Waals surface area contributed by atoms with Crippen LogP contribution in [0.2, 0.25) is 0 Å². The van der Waals surface area contributed by atoms with Crippen LogP contribution in [0.3, 0.4) is 0 Å². The molecule has 0 atom stereocenters. The molecule has 0 aliphatic carbocycles. The van der Waals surface area contributed by atoms with E-state index in [0.29, 0.717) is 18.9 Å². The minimum absolute atomic E-state index is 0.168. The molecule has 6 heteroatoms. The van der Waals surface area contributed by atoms with E-state index in [-0.39, 0.29) is 5.91 Å². The standard InChI is InChI=1S/C14H25N5O/c1-5-15-14-17-10-11(4)13(18-14)16-9-8-12(20)19(6-2)7-3/h10H,5-9H2,1-4H3,(H2,15,16,17,18). The van der Waals surface area contributed by atoms with Crippen molar-refractivity contribution < 1.29 is 4.79 Å². The highest BCUT2D eigenvalue weighted by molar-refractivity contribution is 5.76. The normalized spacial score (nSPS) is 10.2. The van der Waals surface area contributed by atoms with Crippen LogP contribution in [0.15, 0.2) is 6.20 Å². The first-order valence-electron chi connectivity index (χ1n) is 7.21. The molecule has 0 aliphatic rings. The minimum atomic E-state index is 0.168. The van der Waals surface area contributed by atoms with E-state index in [1.165, 1.54) is 0 Å². The molecular formula is C14H25N5O. The molecule has 0 saturated heterocycles. The number of nitrogens with one attached hydrogen (secondary N) is 2. The third kappa shape index (κ3) is 4.68. The largest absolute Gasteiger partial charge is 0.369 e. The van der Waals surface area contributed by atoms with Crippen molar-refractivity contribution in [3.8, 4) is 0 Å². The van der Waals surface area contributed by atoms with Gasteiger partial charge in [-0.25, -0.2) is 4.98 Å².